The quantitative estimate of drug-likeness (QED) is 0.224. The van der Waals surface area contributed by atoms with Gasteiger partial charge in [0.2, 0.25) is 0 Å². The third-order valence-electron chi connectivity index (χ3n) is 10.6. The molecule has 0 N–H and O–H groups in total. The highest BCUT2D eigenvalue weighted by atomic mass is 16.5. The van der Waals surface area contributed by atoms with Crippen molar-refractivity contribution < 1.29 is 14.3 Å². The average Bonchev–Trinajstić information content (AvgIpc) is 3.66. The van der Waals surface area contributed by atoms with Gasteiger partial charge in [0.15, 0.2) is 5.78 Å². The molecule has 0 radical (unpaired) electrons. The Morgan fingerprint density at radius 3 is 2.31 bits per heavy atom. The second-order valence-corrected chi connectivity index (χ2v) is 12.5. The fourth-order valence-electron chi connectivity index (χ4n) is 8.52. The van der Waals surface area contributed by atoms with E-state index in [1.165, 1.54) is 10.9 Å². The molecule has 1 saturated heterocycles. The van der Waals surface area contributed by atoms with Gasteiger partial charge in [0, 0.05) is 64.5 Å². The zero-order chi connectivity index (χ0) is 28.5. The summed E-state index contributed by atoms with van der Waals surface area (Å²) in [6, 6.07) is 26.4. The van der Waals surface area contributed by atoms with E-state index in [2.05, 4.69) is 71.5 Å². The summed E-state index contributed by atoms with van der Waals surface area (Å²) in [6.07, 6.45) is 1.63. The number of hydrogen-bond donors (Lipinski definition) is 0. The molecule has 0 unspecified atom stereocenters. The summed E-state index contributed by atoms with van der Waals surface area (Å²) in [6.45, 7) is 4.42. The molecule has 1 amide bonds. The first kappa shape index (κ1) is 24.2. The third kappa shape index (κ3) is 2.79. The molecule has 3 aliphatic rings. The van der Waals surface area contributed by atoms with Crippen LogP contribution in [0.5, 0.6) is 0 Å². The van der Waals surface area contributed by atoms with Crippen molar-refractivity contribution in [3.63, 3.8) is 0 Å². The summed E-state index contributed by atoms with van der Waals surface area (Å²) < 4.78 is 12.0. The van der Waals surface area contributed by atoms with Crippen molar-refractivity contribution in [3.8, 4) is 0 Å². The van der Waals surface area contributed by atoms with Crippen LogP contribution in [0.3, 0.4) is 0 Å². The van der Waals surface area contributed by atoms with Crippen LogP contribution in [0.25, 0.3) is 43.6 Å². The third-order valence-corrected chi connectivity index (χ3v) is 10.6. The number of fused-ring (bicyclic) bond motifs is 13. The van der Waals surface area contributed by atoms with Gasteiger partial charge in [-0.05, 0) is 43.2 Å². The number of rotatable bonds is 2. The Morgan fingerprint density at radius 2 is 1.55 bits per heavy atom. The number of aryl methyl sites for hydroxylation is 1. The Morgan fingerprint density at radius 1 is 0.881 bits per heavy atom. The second-order valence-electron chi connectivity index (χ2n) is 12.5. The number of ether oxygens (including phenoxy) is 1. The number of benzene rings is 4. The van der Waals surface area contributed by atoms with Crippen molar-refractivity contribution in [2.24, 2.45) is 5.92 Å². The highest BCUT2D eigenvalue weighted by Crippen LogP contribution is 2.55. The van der Waals surface area contributed by atoms with E-state index in [1.807, 2.05) is 42.3 Å². The maximum Gasteiger partial charge on any atom is 0.253 e. The van der Waals surface area contributed by atoms with E-state index in [0.29, 0.717) is 18.4 Å². The van der Waals surface area contributed by atoms with Crippen LogP contribution in [0.2, 0.25) is 0 Å². The summed E-state index contributed by atoms with van der Waals surface area (Å²) in [7, 11) is 1.93. The maximum atomic E-state index is 13.8. The van der Waals surface area contributed by atoms with Crippen molar-refractivity contribution in [1.29, 1.82) is 0 Å². The molecule has 4 aromatic carbocycles. The van der Waals surface area contributed by atoms with Crippen LogP contribution in [0.15, 0.2) is 78.9 Å². The molecule has 6 aromatic rings. The first-order chi connectivity index (χ1) is 20.4. The molecule has 208 valence electrons. The van der Waals surface area contributed by atoms with Crippen molar-refractivity contribution in [1.82, 2.24) is 14.0 Å². The highest BCUT2D eigenvalue weighted by molar-refractivity contribution is 6.31. The molecule has 0 spiro atoms. The van der Waals surface area contributed by atoms with Crippen LogP contribution in [-0.2, 0) is 16.9 Å². The van der Waals surface area contributed by atoms with E-state index in [4.69, 9.17) is 4.74 Å². The van der Waals surface area contributed by atoms with E-state index in [9.17, 15) is 9.59 Å². The van der Waals surface area contributed by atoms with Crippen molar-refractivity contribution >= 4 is 55.3 Å². The molecule has 42 heavy (non-hydrogen) atoms. The number of Topliss-reactive ketones (excluding diaryl/α,β-unsaturated/α-hetero) is 1. The summed E-state index contributed by atoms with van der Waals surface area (Å²) >= 11 is 0. The lowest BCUT2D eigenvalue weighted by atomic mass is 9.84. The van der Waals surface area contributed by atoms with Crippen LogP contribution in [0.1, 0.15) is 59.2 Å². The van der Waals surface area contributed by atoms with E-state index in [1.54, 1.807) is 0 Å². The predicted octanol–water partition coefficient (Wildman–Crippen LogP) is 7.41. The highest BCUT2D eigenvalue weighted by Gasteiger charge is 2.52. The molecular weight excluding hydrogens is 522 g/mol. The molecule has 2 aliphatic heterocycles. The SMILES string of the molecule is C[C@@H]1[C@H](N(C)C(=O)c2ccccc2)C[C@H]2O[C@]1(C)n1c3ccccc3c3c4c(c5c6ccccc6n2c5c31)C(=O)CC4. The summed E-state index contributed by atoms with van der Waals surface area (Å²) in [4.78, 5) is 29.4. The molecule has 2 aromatic heterocycles. The van der Waals surface area contributed by atoms with Gasteiger partial charge in [-0.3, -0.25) is 9.59 Å². The summed E-state index contributed by atoms with van der Waals surface area (Å²) in [5.41, 5.74) is 6.39. The van der Waals surface area contributed by atoms with Crippen LogP contribution in [-0.4, -0.2) is 38.8 Å². The molecule has 4 heterocycles. The van der Waals surface area contributed by atoms with Gasteiger partial charge in [-0.25, -0.2) is 0 Å². The number of nitrogens with zero attached hydrogens (tertiary/aromatic N) is 3. The molecule has 6 nitrogen and oxygen atoms in total. The number of aromatic nitrogens is 2. The smallest absolute Gasteiger partial charge is 0.253 e. The Hall–Kier alpha value is -4.42. The number of carbonyl (C=O) groups excluding carboxylic acids is 2. The standard InChI is InChI=1S/C36H31N3O3/c1-20-27(37(3)35(41)21-11-5-4-6-12-21)19-29-38-25-15-9-7-13-22(25)32-31-24(17-18-28(31)40)30-23-14-8-10-16-26(23)39(34(30)33(32)38)36(20,2)42-29/h4-16,20,27,29H,17-19H2,1-3H3/t20-,27-,29-,36+/m1/s1. The minimum absolute atomic E-state index is 0.0156. The lowest BCUT2D eigenvalue weighted by molar-refractivity contribution is -0.232. The lowest BCUT2D eigenvalue weighted by Gasteiger charge is -2.50. The number of hydrogen-bond acceptors (Lipinski definition) is 3. The van der Waals surface area contributed by atoms with Crippen LogP contribution >= 0.6 is 0 Å². The molecule has 1 fully saturated rings. The number of amides is 1. The molecule has 1 aliphatic carbocycles. The zero-order valence-corrected chi connectivity index (χ0v) is 23.9. The number of ketones is 1. The van der Waals surface area contributed by atoms with Gasteiger partial charge >= 0.3 is 0 Å². The van der Waals surface area contributed by atoms with Gasteiger partial charge in [0.25, 0.3) is 5.91 Å². The molecule has 6 heteroatoms. The molecule has 4 atom stereocenters. The summed E-state index contributed by atoms with van der Waals surface area (Å²) in [5, 5.41) is 4.48. The molecule has 0 saturated carbocycles. The zero-order valence-electron chi connectivity index (χ0n) is 23.9. The molecular formula is C36H31N3O3. The monoisotopic (exact) mass is 553 g/mol. The second kappa shape index (κ2) is 8.11. The van der Waals surface area contributed by atoms with Gasteiger partial charge in [-0.15, -0.1) is 0 Å². The van der Waals surface area contributed by atoms with E-state index in [-0.39, 0.29) is 29.9 Å². The minimum atomic E-state index is -0.746. The average molecular weight is 554 g/mol. The van der Waals surface area contributed by atoms with Crippen LogP contribution < -0.4 is 0 Å². The normalized spacial score (nSPS) is 24.6. The van der Waals surface area contributed by atoms with Gasteiger partial charge < -0.3 is 18.8 Å². The largest absolute Gasteiger partial charge is 0.338 e. The van der Waals surface area contributed by atoms with Gasteiger partial charge in [0.1, 0.15) is 12.0 Å². The van der Waals surface area contributed by atoms with E-state index in [0.717, 1.165) is 50.2 Å². The first-order valence-corrected chi connectivity index (χ1v) is 14.9. The number of carbonyl (C=O) groups is 2. The van der Waals surface area contributed by atoms with Gasteiger partial charge in [0.05, 0.1) is 22.1 Å². The maximum absolute atomic E-state index is 13.8. The van der Waals surface area contributed by atoms with E-state index >= 15 is 0 Å². The Bertz CT molecular complexity index is 2160. The summed E-state index contributed by atoms with van der Waals surface area (Å²) in [5.74, 6) is 0.221. The topological polar surface area (TPSA) is 56.5 Å². The Labute approximate surface area is 243 Å². The van der Waals surface area contributed by atoms with Gasteiger partial charge in [-0.2, -0.15) is 0 Å². The van der Waals surface area contributed by atoms with Crippen molar-refractivity contribution in [2.75, 3.05) is 7.05 Å². The van der Waals surface area contributed by atoms with Crippen molar-refractivity contribution in [2.45, 2.75) is 51.1 Å². The Kier molecular flexibility index (Phi) is 4.67. The van der Waals surface area contributed by atoms with Crippen LogP contribution in [0.4, 0.5) is 0 Å². The number of para-hydroxylation sites is 2. The fraction of sp³-hybridized carbons (Fsp3) is 0.278. The lowest BCUT2D eigenvalue weighted by Crippen LogP contribution is -2.56. The first-order valence-electron chi connectivity index (χ1n) is 14.9. The van der Waals surface area contributed by atoms with Gasteiger partial charge in [-0.1, -0.05) is 61.5 Å². The minimum Gasteiger partial charge on any atom is -0.338 e. The van der Waals surface area contributed by atoms with E-state index < -0.39 is 5.72 Å². The Balaban J connectivity index is 1.42. The fourth-order valence-corrected chi connectivity index (χ4v) is 8.52. The predicted molar refractivity (Wildman–Crippen MR) is 165 cm³/mol. The van der Waals surface area contributed by atoms with Crippen LogP contribution in [0, 0.1) is 5.92 Å². The molecule has 9 rings (SSSR count). The van der Waals surface area contributed by atoms with Crippen molar-refractivity contribution in [3.05, 3.63) is 95.6 Å². The molecule has 2 bridgehead atoms.